The lowest BCUT2D eigenvalue weighted by Crippen LogP contribution is -2.48. The number of halogens is 1. The third-order valence-electron chi connectivity index (χ3n) is 5.10. The number of ether oxygens (including phenoxy) is 2. The van der Waals surface area contributed by atoms with Gasteiger partial charge in [0, 0.05) is 18.0 Å². The molecule has 0 heterocycles. The minimum Gasteiger partial charge on any atom is -0.424 e. The lowest BCUT2D eigenvalue weighted by atomic mass is 9.68. The highest BCUT2D eigenvalue weighted by Gasteiger charge is 2.42. The fourth-order valence-electron chi connectivity index (χ4n) is 3.58. The Balaban J connectivity index is 1.58. The molecule has 1 saturated carbocycles. The molecule has 0 aromatic heterocycles. The van der Waals surface area contributed by atoms with E-state index in [1.165, 1.54) is 0 Å². The van der Waals surface area contributed by atoms with Gasteiger partial charge in [0.2, 0.25) is 6.79 Å². The van der Waals surface area contributed by atoms with Crippen LogP contribution < -0.4 is 5.32 Å². The first kappa shape index (κ1) is 20.9. The largest absolute Gasteiger partial charge is 0.424 e. The van der Waals surface area contributed by atoms with E-state index in [0.717, 1.165) is 12.8 Å². The van der Waals surface area contributed by atoms with Crippen LogP contribution in [-0.2, 0) is 19.7 Å². The number of carbonyl (C=O) groups is 3. The Morgan fingerprint density at radius 1 is 1.00 bits per heavy atom. The van der Waals surface area contributed by atoms with Crippen LogP contribution in [0.25, 0.3) is 0 Å². The van der Waals surface area contributed by atoms with Crippen LogP contribution in [-0.4, -0.2) is 31.2 Å². The molecule has 1 fully saturated rings. The summed E-state index contributed by atoms with van der Waals surface area (Å²) >= 11 is 6.35. The summed E-state index contributed by atoms with van der Waals surface area (Å²) in [5, 5.41) is 3.13. The van der Waals surface area contributed by atoms with E-state index >= 15 is 0 Å². The third kappa shape index (κ3) is 4.95. The SMILES string of the molecule is O=C(NC[C@@]1(c2ccccc2Cl)CCCCC1=O)OCOC(=O)c1ccccc1. The van der Waals surface area contributed by atoms with E-state index in [-0.39, 0.29) is 12.3 Å². The van der Waals surface area contributed by atoms with Crippen LogP contribution in [0, 0.1) is 0 Å². The number of nitrogens with one attached hydrogen (secondary N) is 1. The molecule has 0 aliphatic heterocycles. The first-order chi connectivity index (χ1) is 14.0. The highest BCUT2D eigenvalue weighted by atomic mass is 35.5. The predicted molar refractivity (Wildman–Crippen MR) is 108 cm³/mol. The monoisotopic (exact) mass is 415 g/mol. The lowest BCUT2D eigenvalue weighted by molar-refractivity contribution is -0.126. The maximum absolute atomic E-state index is 12.8. The fourth-order valence-corrected chi connectivity index (χ4v) is 3.89. The smallest absolute Gasteiger partial charge is 0.410 e. The number of benzene rings is 2. The van der Waals surface area contributed by atoms with Crippen molar-refractivity contribution >= 4 is 29.4 Å². The molecule has 7 heteroatoms. The number of alkyl carbamates (subject to hydrolysis) is 1. The summed E-state index contributed by atoms with van der Waals surface area (Å²) in [6.07, 6.45) is 1.96. The summed E-state index contributed by atoms with van der Waals surface area (Å²) in [6, 6.07) is 15.6. The Labute approximate surface area is 174 Å². The van der Waals surface area contributed by atoms with Gasteiger partial charge in [-0.15, -0.1) is 0 Å². The summed E-state index contributed by atoms with van der Waals surface area (Å²) < 4.78 is 9.86. The molecular formula is C22H22ClNO5. The zero-order valence-corrected chi connectivity index (χ0v) is 16.6. The Kier molecular flexibility index (Phi) is 6.88. The molecule has 1 aliphatic carbocycles. The van der Waals surface area contributed by atoms with Crippen LogP contribution in [0.15, 0.2) is 54.6 Å². The molecule has 0 radical (unpaired) electrons. The van der Waals surface area contributed by atoms with Crippen LogP contribution in [0.3, 0.4) is 0 Å². The summed E-state index contributed by atoms with van der Waals surface area (Å²) in [4.78, 5) is 36.8. The van der Waals surface area contributed by atoms with Gasteiger partial charge in [0.05, 0.1) is 11.0 Å². The van der Waals surface area contributed by atoms with Crippen molar-refractivity contribution in [2.45, 2.75) is 31.1 Å². The number of rotatable bonds is 6. The molecule has 1 atom stereocenters. The van der Waals surface area contributed by atoms with Crippen LogP contribution in [0.2, 0.25) is 5.02 Å². The van der Waals surface area contributed by atoms with E-state index in [1.807, 2.05) is 12.1 Å². The summed E-state index contributed by atoms with van der Waals surface area (Å²) in [7, 11) is 0. The van der Waals surface area contributed by atoms with E-state index in [1.54, 1.807) is 42.5 Å². The zero-order chi connectivity index (χ0) is 20.7. The van der Waals surface area contributed by atoms with Crippen molar-refractivity contribution in [3.05, 3.63) is 70.7 Å². The predicted octanol–water partition coefficient (Wildman–Crippen LogP) is 4.26. The van der Waals surface area contributed by atoms with Crippen molar-refractivity contribution in [2.75, 3.05) is 13.3 Å². The first-order valence-electron chi connectivity index (χ1n) is 9.44. The number of amides is 1. The van der Waals surface area contributed by atoms with E-state index < -0.39 is 24.3 Å². The van der Waals surface area contributed by atoms with E-state index in [2.05, 4.69) is 5.32 Å². The van der Waals surface area contributed by atoms with E-state index in [9.17, 15) is 14.4 Å². The quantitative estimate of drug-likeness (QED) is 0.563. The number of hydrogen-bond donors (Lipinski definition) is 1. The van der Waals surface area contributed by atoms with Crippen molar-refractivity contribution in [1.82, 2.24) is 5.32 Å². The molecule has 152 valence electrons. The number of hydrogen-bond acceptors (Lipinski definition) is 5. The van der Waals surface area contributed by atoms with Crippen molar-refractivity contribution in [3.8, 4) is 0 Å². The molecule has 29 heavy (non-hydrogen) atoms. The maximum Gasteiger partial charge on any atom is 0.410 e. The molecule has 0 unspecified atom stereocenters. The average molecular weight is 416 g/mol. The molecule has 6 nitrogen and oxygen atoms in total. The molecule has 0 saturated heterocycles. The molecule has 0 spiro atoms. The van der Waals surface area contributed by atoms with Gasteiger partial charge in [-0.1, -0.05) is 54.4 Å². The van der Waals surface area contributed by atoms with Gasteiger partial charge in [0.1, 0.15) is 5.78 Å². The van der Waals surface area contributed by atoms with Crippen LogP contribution >= 0.6 is 11.6 Å². The van der Waals surface area contributed by atoms with Gasteiger partial charge in [-0.3, -0.25) is 4.79 Å². The van der Waals surface area contributed by atoms with Gasteiger partial charge in [-0.05, 0) is 36.6 Å². The van der Waals surface area contributed by atoms with Crippen LogP contribution in [0.1, 0.15) is 41.6 Å². The Morgan fingerprint density at radius 2 is 1.72 bits per heavy atom. The summed E-state index contributed by atoms with van der Waals surface area (Å²) in [6.45, 7) is -0.451. The number of ketones is 1. The first-order valence-corrected chi connectivity index (χ1v) is 9.82. The summed E-state index contributed by atoms with van der Waals surface area (Å²) in [5.74, 6) is -0.541. The minimum atomic E-state index is -0.879. The van der Waals surface area contributed by atoms with Gasteiger partial charge < -0.3 is 14.8 Å². The van der Waals surface area contributed by atoms with E-state index in [4.69, 9.17) is 21.1 Å². The standard InChI is InChI=1S/C22H22ClNO5/c23-18-11-5-4-10-17(18)22(13-7-6-12-19(22)25)14-24-21(27)29-15-28-20(26)16-8-2-1-3-9-16/h1-5,8-11H,6-7,12-15H2,(H,24,27)/t22-/m1/s1. The Bertz CT molecular complexity index is 886. The molecule has 2 aromatic rings. The number of esters is 1. The Morgan fingerprint density at radius 3 is 2.45 bits per heavy atom. The highest BCUT2D eigenvalue weighted by Crippen LogP contribution is 2.39. The summed E-state index contributed by atoms with van der Waals surface area (Å²) in [5.41, 5.74) is 0.195. The van der Waals surface area contributed by atoms with Gasteiger partial charge in [0.25, 0.3) is 0 Å². The van der Waals surface area contributed by atoms with Crippen molar-refractivity contribution in [2.24, 2.45) is 0 Å². The second kappa shape index (κ2) is 9.56. The normalized spacial score (nSPS) is 18.7. The van der Waals surface area contributed by atoms with Crippen molar-refractivity contribution in [1.29, 1.82) is 0 Å². The molecule has 1 N–H and O–H groups in total. The molecule has 1 amide bonds. The number of carbonyl (C=O) groups excluding carboxylic acids is 3. The topological polar surface area (TPSA) is 81.7 Å². The molecule has 0 bridgehead atoms. The van der Waals surface area contributed by atoms with Gasteiger partial charge >= 0.3 is 12.1 Å². The molecular weight excluding hydrogens is 394 g/mol. The number of Topliss-reactive ketones (excluding diaryl/α,β-unsaturated/α-hetero) is 1. The van der Waals surface area contributed by atoms with E-state index in [0.29, 0.717) is 29.0 Å². The lowest BCUT2D eigenvalue weighted by Gasteiger charge is -2.36. The van der Waals surface area contributed by atoms with Gasteiger partial charge in [-0.25, -0.2) is 9.59 Å². The third-order valence-corrected chi connectivity index (χ3v) is 5.43. The maximum atomic E-state index is 12.8. The Hall–Kier alpha value is -2.86. The van der Waals surface area contributed by atoms with Crippen molar-refractivity contribution < 1.29 is 23.9 Å². The van der Waals surface area contributed by atoms with Crippen LogP contribution in [0.5, 0.6) is 0 Å². The fraction of sp³-hybridized carbons (Fsp3) is 0.318. The molecule has 1 aliphatic rings. The second-order valence-electron chi connectivity index (χ2n) is 6.89. The van der Waals surface area contributed by atoms with Gasteiger partial charge in [0.15, 0.2) is 0 Å². The molecule has 3 rings (SSSR count). The van der Waals surface area contributed by atoms with Crippen LogP contribution in [0.4, 0.5) is 4.79 Å². The average Bonchev–Trinajstić information content (AvgIpc) is 2.74. The molecule has 2 aromatic carbocycles. The zero-order valence-electron chi connectivity index (χ0n) is 15.9. The van der Waals surface area contributed by atoms with Gasteiger partial charge in [-0.2, -0.15) is 0 Å². The minimum absolute atomic E-state index is 0.0488. The highest BCUT2D eigenvalue weighted by molar-refractivity contribution is 6.31. The second-order valence-corrected chi connectivity index (χ2v) is 7.30. The van der Waals surface area contributed by atoms with Crippen molar-refractivity contribution in [3.63, 3.8) is 0 Å².